The van der Waals surface area contributed by atoms with E-state index in [2.05, 4.69) is 6.92 Å². The van der Waals surface area contributed by atoms with Crippen molar-refractivity contribution in [1.82, 2.24) is 0 Å². The van der Waals surface area contributed by atoms with E-state index in [0.717, 1.165) is 28.1 Å². The Morgan fingerprint density at radius 2 is 1.96 bits per heavy atom. The van der Waals surface area contributed by atoms with Crippen molar-refractivity contribution in [2.45, 2.75) is 26.9 Å². The summed E-state index contributed by atoms with van der Waals surface area (Å²) in [7, 11) is 0. The SMILES string of the molecule is CCc1sc(C(=O)OCc2cc(=O)oc3ccc4ccccc4c23)cc1C. The molecule has 0 N–H and O–H groups in total. The molecule has 0 atom stereocenters. The predicted molar refractivity (Wildman–Crippen MR) is 108 cm³/mol. The fourth-order valence-corrected chi connectivity index (χ4v) is 4.33. The number of hydrogen-bond donors (Lipinski definition) is 0. The minimum Gasteiger partial charge on any atom is -0.457 e. The van der Waals surface area contributed by atoms with Gasteiger partial charge in [-0.25, -0.2) is 9.59 Å². The Balaban J connectivity index is 1.71. The van der Waals surface area contributed by atoms with Gasteiger partial charge in [-0.15, -0.1) is 11.3 Å². The minimum absolute atomic E-state index is 0.0212. The third-order valence-electron chi connectivity index (χ3n) is 4.62. The molecule has 0 saturated heterocycles. The smallest absolute Gasteiger partial charge is 0.348 e. The van der Waals surface area contributed by atoms with E-state index < -0.39 is 5.63 Å². The lowest BCUT2D eigenvalue weighted by molar-refractivity contribution is 0.0479. The second-order valence-electron chi connectivity index (χ2n) is 6.40. The quantitative estimate of drug-likeness (QED) is 0.277. The minimum atomic E-state index is -0.455. The molecule has 0 amide bonds. The van der Waals surface area contributed by atoms with Crippen LogP contribution in [0.25, 0.3) is 21.7 Å². The fraction of sp³-hybridized carbons (Fsp3) is 0.182. The number of fused-ring (bicyclic) bond motifs is 3. The topological polar surface area (TPSA) is 56.5 Å². The molecule has 0 spiro atoms. The molecule has 0 aliphatic carbocycles. The molecule has 0 saturated carbocycles. The van der Waals surface area contributed by atoms with E-state index in [-0.39, 0.29) is 12.6 Å². The van der Waals surface area contributed by atoms with Crippen molar-refractivity contribution in [3.63, 3.8) is 0 Å². The van der Waals surface area contributed by atoms with Crippen LogP contribution in [0.15, 0.2) is 57.7 Å². The van der Waals surface area contributed by atoms with Crippen molar-refractivity contribution in [3.05, 3.63) is 79.8 Å². The Morgan fingerprint density at radius 3 is 2.74 bits per heavy atom. The lowest BCUT2D eigenvalue weighted by atomic mass is 10.0. The first-order chi connectivity index (χ1) is 13.1. The summed E-state index contributed by atoms with van der Waals surface area (Å²) in [5, 5.41) is 2.80. The molecule has 0 unspecified atom stereocenters. The Hall–Kier alpha value is -2.92. The highest BCUT2D eigenvalue weighted by atomic mass is 32.1. The third kappa shape index (κ3) is 3.26. The highest BCUT2D eigenvalue weighted by Crippen LogP contribution is 2.28. The van der Waals surface area contributed by atoms with Crippen LogP contribution in [0, 0.1) is 6.92 Å². The molecular weight excluding hydrogens is 360 g/mol. The van der Waals surface area contributed by atoms with E-state index in [0.29, 0.717) is 16.0 Å². The van der Waals surface area contributed by atoms with Crippen LogP contribution in [0.5, 0.6) is 0 Å². The van der Waals surface area contributed by atoms with Gasteiger partial charge in [0.25, 0.3) is 0 Å². The van der Waals surface area contributed by atoms with Crippen molar-refractivity contribution in [1.29, 1.82) is 0 Å². The molecule has 27 heavy (non-hydrogen) atoms. The zero-order valence-corrected chi connectivity index (χ0v) is 15.9. The molecule has 0 bridgehead atoms. The predicted octanol–water partition coefficient (Wildman–Crippen LogP) is 5.24. The van der Waals surface area contributed by atoms with Crippen molar-refractivity contribution >= 4 is 39.0 Å². The van der Waals surface area contributed by atoms with Gasteiger partial charge in [-0.05, 0) is 41.8 Å². The number of benzene rings is 2. The second-order valence-corrected chi connectivity index (χ2v) is 7.53. The molecule has 2 aromatic heterocycles. The number of carbonyl (C=O) groups is 1. The Labute approximate surface area is 160 Å². The van der Waals surface area contributed by atoms with Crippen LogP contribution in [0.3, 0.4) is 0 Å². The molecule has 0 aliphatic heterocycles. The van der Waals surface area contributed by atoms with E-state index in [1.165, 1.54) is 22.3 Å². The van der Waals surface area contributed by atoms with Gasteiger partial charge in [0.05, 0.1) is 0 Å². The number of carbonyl (C=O) groups excluding carboxylic acids is 1. The van der Waals surface area contributed by atoms with Gasteiger partial charge in [-0.1, -0.05) is 37.3 Å². The van der Waals surface area contributed by atoms with Gasteiger partial charge in [0, 0.05) is 21.9 Å². The monoisotopic (exact) mass is 378 g/mol. The summed E-state index contributed by atoms with van der Waals surface area (Å²) in [5.74, 6) is -0.371. The van der Waals surface area contributed by atoms with E-state index >= 15 is 0 Å². The Morgan fingerprint density at radius 1 is 1.15 bits per heavy atom. The Bertz CT molecular complexity index is 1220. The second kappa shape index (κ2) is 7.00. The summed E-state index contributed by atoms with van der Waals surface area (Å²) in [4.78, 5) is 26.2. The van der Waals surface area contributed by atoms with Crippen LogP contribution in [-0.2, 0) is 17.8 Å². The third-order valence-corrected chi connectivity index (χ3v) is 5.98. The first-order valence-corrected chi connectivity index (χ1v) is 9.59. The number of hydrogen-bond acceptors (Lipinski definition) is 5. The van der Waals surface area contributed by atoms with Crippen LogP contribution in [0.2, 0.25) is 0 Å². The Kier molecular flexibility index (Phi) is 4.54. The zero-order valence-electron chi connectivity index (χ0n) is 15.1. The van der Waals surface area contributed by atoms with Crippen LogP contribution >= 0.6 is 11.3 Å². The molecule has 2 heterocycles. The summed E-state index contributed by atoms with van der Waals surface area (Å²) >= 11 is 1.46. The van der Waals surface area contributed by atoms with E-state index in [4.69, 9.17) is 9.15 Å². The first kappa shape index (κ1) is 17.5. The van der Waals surface area contributed by atoms with Gasteiger partial charge in [0.1, 0.15) is 17.1 Å². The van der Waals surface area contributed by atoms with E-state index in [1.807, 2.05) is 43.3 Å². The highest BCUT2D eigenvalue weighted by molar-refractivity contribution is 7.14. The van der Waals surface area contributed by atoms with Crippen molar-refractivity contribution in [2.24, 2.45) is 0 Å². The maximum atomic E-state index is 12.5. The summed E-state index contributed by atoms with van der Waals surface area (Å²) < 4.78 is 10.9. The average molecular weight is 378 g/mol. The van der Waals surface area contributed by atoms with E-state index in [1.54, 1.807) is 6.07 Å². The largest absolute Gasteiger partial charge is 0.457 e. The maximum absolute atomic E-state index is 12.5. The number of esters is 1. The molecule has 0 aliphatic rings. The van der Waals surface area contributed by atoms with Crippen molar-refractivity contribution in [3.8, 4) is 0 Å². The average Bonchev–Trinajstić information content (AvgIpc) is 3.06. The molecule has 0 radical (unpaired) electrons. The highest BCUT2D eigenvalue weighted by Gasteiger charge is 2.15. The number of aryl methyl sites for hydroxylation is 2. The van der Waals surface area contributed by atoms with Crippen LogP contribution < -0.4 is 5.63 Å². The van der Waals surface area contributed by atoms with Crippen LogP contribution in [0.4, 0.5) is 0 Å². The number of ether oxygens (including phenoxy) is 1. The normalized spacial score (nSPS) is 11.2. The van der Waals surface area contributed by atoms with Gasteiger partial charge in [-0.3, -0.25) is 0 Å². The molecule has 5 heteroatoms. The van der Waals surface area contributed by atoms with E-state index in [9.17, 15) is 9.59 Å². The van der Waals surface area contributed by atoms with Gasteiger partial charge in [-0.2, -0.15) is 0 Å². The molecular formula is C22H18O4S. The van der Waals surface area contributed by atoms with Gasteiger partial charge in [0.2, 0.25) is 0 Å². The lowest BCUT2D eigenvalue weighted by Gasteiger charge is -2.09. The molecule has 4 aromatic rings. The molecule has 4 nitrogen and oxygen atoms in total. The molecule has 4 rings (SSSR count). The zero-order chi connectivity index (χ0) is 19.0. The molecule has 0 fully saturated rings. The summed E-state index contributed by atoms with van der Waals surface area (Å²) in [6, 6.07) is 14.8. The number of thiophene rings is 1. The standard InChI is InChI=1S/C22H18O4S/c1-3-18-13(2)10-19(27-18)22(24)25-12-15-11-20(23)26-17-9-8-14-6-4-5-7-16(14)21(15)17/h4-11H,3,12H2,1-2H3. The van der Waals surface area contributed by atoms with Crippen molar-refractivity contribution in [2.75, 3.05) is 0 Å². The van der Waals surface area contributed by atoms with Gasteiger partial charge < -0.3 is 9.15 Å². The maximum Gasteiger partial charge on any atom is 0.348 e. The summed E-state index contributed by atoms with van der Waals surface area (Å²) in [6.45, 7) is 4.08. The van der Waals surface area contributed by atoms with Gasteiger partial charge in [0.15, 0.2) is 0 Å². The molecule has 136 valence electrons. The molecule has 2 aromatic carbocycles. The van der Waals surface area contributed by atoms with Crippen molar-refractivity contribution < 1.29 is 13.9 Å². The fourth-order valence-electron chi connectivity index (χ4n) is 3.32. The first-order valence-electron chi connectivity index (χ1n) is 8.77. The number of rotatable bonds is 4. The lowest BCUT2D eigenvalue weighted by Crippen LogP contribution is -2.07. The van der Waals surface area contributed by atoms with Gasteiger partial charge >= 0.3 is 11.6 Å². The van der Waals surface area contributed by atoms with Crippen LogP contribution in [0.1, 0.15) is 32.6 Å². The summed E-state index contributed by atoms with van der Waals surface area (Å²) in [6.07, 6.45) is 0.889. The van der Waals surface area contributed by atoms with Crippen LogP contribution in [-0.4, -0.2) is 5.97 Å². The summed E-state index contributed by atoms with van der Waals surface area (Å²) in [5.41, 5.74) is 1.79.